The number of aryl methyl sites for hydroxylation is 1. The van der Waals surface area contributed by atoms with Crippen LogP contribution in [0.4, 0.5) is 0 Å². The van der Waals surface area contributed by atoms with Crippen molar-refractivity contribution in [3.8, 4) is 0 Å². The van der Waals surface area contributed by atoms with Crippen LogP contribution >= 0.6 is 0 Å². The van der Waals surface area contributed by atoms with Crippen LogP contribution in [0.3, 0.4) is 0 Å². The first kappa shape index (κ1) is 18.9. The molecular formula is C24H27N5O. The number of nitrogens with zero attached hydrogens (tertiary/aromatic N) is 4. The van der Waals surface area contributed by atoms with E-state index in [9.17, 15) is 4.79 Å². The van der Waals surface area contributed by atoms with Crippen LogP contribution in [0, 0.1) is 5.41 Å². The SMILES string of the molecule is Cn1ccc2ccc(C(=O)NCC3(Cc4nnc5ccccn45)CCCCC3)cc21. The van der Waals surface area contributed by atoms with Gasteiger partial charge in [-0.15, -0.1) is 10.2 Å². The van der Waals surface area contributed by atoms with Gasteiger partial charge in [0.15, 0.2) is 5.65 Å². The molecule has 3 aromatic heterocycles. The number of fused-ring (bicyclic) bond motifs is 2. The molecule has 0 aliphatic heterocycles. The van der Waals surface area contributed by atoms with E-state index < -0.39 is 0 Å². The second-order valence-corrected chi connectivity index (χ2v) is 8.67. The van der Waals surface area contributed by atoms with E-state index in [-0.39, 0.29) is 11.3 Å². The van der Waals surface area contributed by atoms with Gasteiger partial charge in [0.25, 0.3) is 5.91 Å². The van der Waals surface area contributed by atoms with Crippen LogP contribution in [-0.2, 0) is 13.5 Å². The number of carbonyl (C=O) groups excluding carboxylic acids is 1. The number of benzene rings is 1. The second-order valence-electron chi connectivity index (χ2n) is 8.67. The number of carbonyl (C=O) groups is 1. The molecule has 4 aromatic rings. The Labute approximate surface area is 175 Å². The van der Waals surface area contributed by atoms with Crippen LogP contribution in [0.5, 0.6) is 0 Å². The molecule has 1 N–H and O–H groups in total. The Kier molecular flexibility index (Phi) is 4.77. The van der Waals surface area contributed by atoms with Gasteiger partial charge in [-0.1, -0.05) is 31.4 Å². The van der Waals surface area contributed by atoms with Gasteiger partial charge < -0.3 is 9.88 Å². The normalized spacial score (nSPS) is 16.2. The predicted octanol–water partition coefficient (Wildman–Crippen LogP) is 4.14. The van der Waals surface area contributed by atoms with Gasteiger partial charge in [-0.25, -0.2) is 0 Å². The highest BCUT2D eigenvalue weighted by atomic mass is 16.1. The Hall–Kier alpha value is -3.15. The van der Waals surface area contributed by atoms with Crippen LogP contribution in [0.1, 0.15) is 48.3 Å². The summed E-state index contributed by atoms with van der Waals surface area (Å²) < 4.78 is 4.12. The van der Waals surface area contributed by atoms with Gasteiger partial charge in [-0.3, -0.25) is 9.20 Å². The fourth-order valence-corrected chi connectivity index (χ4v) is 4.84. The molecule has 0 saturated heterocycles. The smallest absolute Gasteiger partial charge is 0.251 e. The molecular weight excluding hydrogens is 374 g/mol. The van der Waals surface area contributed by atoms with Crippen molar-refractivity contribution in [3.05, 3.63) is 66.2 Å². The molecule has 6 heteroatoms. The number of nitrogens with one attached hydrogen (secondary N) is 1. The van der Waals surface area contributed by atoms with Crippen molar-refractivity contribution in [2.24, 2.45) is 12.5 Å². The number of amides is 1. The van der Waals surface area contributed by atoms with E-state index in [2.05, 4.69) is 26.0 Å². The average Bonchev–Trinajstić information content (AvgIpc) is 3.36. The zero-order valence-corrected chi connectivity index (χ0v) is 17.3. The summed E-state index contributed by atoms with van der Waals surface area (Å²) in [5.41, 5.74) is 2.69. The molecule has 1 fully saturated rings. The Morgan fingerprint density at radius 3 is 2.80 bits per heavy atom. The predicted molar refractivity (Wildman–Crippen MR) is 117 cm³/mol. The number of rotatable bonds is 5. The number of hydrogen-bond donors (Lipinski definition) is 1. The third kappa shape index (κ3) is 3.47. The molecule has 5 rings (SSSR count). The average molecular weight is 402 g/mol. The summed E-state index contributed by atoms with van der Waals surface area (Å²) >= 11 is 0. The molecule has 6 nitrogen and oxygen atoms in total. The van der Waals surface area contributed by atoms with Gasteiger partial charge in [0, 0.05) is 43.5 Å². The van der Waals surface area contributed by atoms with Crippen molar-refractivity contribution < 1.29 is 4.79 Å². The molecule has 0 spiro atoms. The first-order valence-electron chi connectivity index (χ1n) is 10.8. The molecule has 1 aliphatic carbocycles. The summed E-state index contributed by atoms with van der Waals surface area (Å²) in [5, 5.41) is 13.2. The van der Waals surface area contributed by atoms with Gasteiger partial charge in [0.1, 0.15) is 5.82 Å². The van der Waals surface area contributed by atoms with E-state index in [1.54, 1.807) is 0 Å². The summed E-state index contributed by atoms with van der Waals surface area (Å²) in [6.45, 7) is 0.665. The Morgan fingerprint density at radius 1 is 1.07 bits per heavy atom. The first-order valence-corrected chi connectivity index (χ1v) is 10.8. The van der Waals surface area contributed by atoms with Gasteiger partial charge in [-0.05, 0) is 54.0 Å². The lowest BCUT2D eigenvalue weighted by atomic mass is 9.71. The Bertz CT molecular complexity index is 1200. The summed E-state index contributed by atoms with van der Waals surface area (Å²) in [5.74, 6) is 0.973. The molecule has 30 heavy (non-hydrogen) atoms. The first-order chi connectivity index (χ1) is 14.6. The second kappa shape index (κ2) is 7.59. The highest BCUT2D eigenvalue weighted by molar-refractivity contribution is 5.98. The number of aromatic nitrogens is 4. The molecule has 1 aromatic carbocycles. The van der Waals surface area contributed by atoms with Gasteiger partial charge in [-0.2, -0.15) is 0 Å². The third-order valence-corrected chi connectivity index (χ3v) is 6.61. The van der Waals surface area contributed by atoms with Crippen molar-refractivity contribution in [2.75, 3.05) is 6.54 Å². The summed E-state index contributed by atoms with van der Waals surface area (Å²) in [7, 11) is 2.00. The molecule has 0 unspecified atom stereocenters. The van der Waals surface area contributed by atoms with E-state index >= 15 is 0 Å². The van der Waals surface area contributed by atoms with E-state index in [0.717, 1.165) is 41.6 Å². The molecule has 0 bridgehead atoms. The minimum Gasteiger partial charge on any atom is -0.351 e. The Morgan fingerprint density at radius 2 is 1.93 bits per heavy atom. The minimum atomic E-state index is -0.00542. The minimum absolute atomic E-state index is 0.00542. The van der Waals surface area contributed by atoms with Crippen LogP contribution in [-0.4, -0.2) is 31.6 Å². The summed E-state index contributed by atoms with van der Waals surface area (Å²) in [6.07, 6.45) is 10.7. The van der Waals surface area contributed by atoms with Gasteiger partial charge in [0.05, 0.1) is 0 Å². The molecule has 0 radical (unpaired) electrons. The lowest BCUT2D eigenvalue weighted by molar-refractivity contribution is 0.0906. The molecule has 1 saturated carbocycles. The molecule has 154 valence electrons. The van der Waals surface area contributed by atoms with Crippen LogP contribution in [0.15, 0.2) is 54.9 Å². The van der Waals surface area contributed by atoms with Gasteiger partial charge in [0.2, 0.25) is 0 Å². The maximum Gasteiger partial charge on any atom is 0.251 e. The van der Waals surface area contributed by atoms with Crippen molar-refractivity contribution in [3.63, 3.8) is 0 Å². The van der Waals surface area contributed by atoms with Crippen molar-refractivity contribution in [1.29, 1.82) is 0 Å². The van der Waals surface area contributed by atoms with Gasteiger partial charge >= 0.3 is 0 Å². The van der Waals surface area contributed by atoms with Crippen molar-refractivity contribution >= 4 is 22.5 Å². The standard InChI is InChI=1S/C24H27N5O/c1-28-14-10-18-8-9-19(15-20(18)28)23(30)25-17-24(11-4-2-5-12-24)16-22-27-26-21-7-3-6-13-29(21)22/h3,6-10,13-15H,2,4-5,11-12,16-17H2,1H3,(H,25,30). The number of hydrogen-bond acceptors (Lipinski definition) is 3. The zero-order chi connectivity index (χ0) is 20.6. The van der Waals surface area contributed by atoms with E-state index in [1.807, 2.05) is 60.4 Å². The molecule has 1 amide bonds. The lowest BCUT2D eigenvalue weighted by Crippen LogP contribution is -2.41. The van der Waals surface area contributed by atoms with E-state index in [1.165, 1.54) is 19.3 Å². The van der Waals surface area contributed by atoms with E-state index in [4.69, 9.17) is 0 Å². The molecule has 1 aliphatic rings. The monoisotopic (exact) mass is 401 g/mol. The largest absolute Gasteiger partial charge is 0.351 e. The topological polar surface area (TPSA) is 64.2 Å². The maximum atomic E-state index is 13.0. The quantitative estimate of drug-likeness (QED) is 0.547. The van der Waals surface area contributed by atoms with Crippen LogP contribution < -0.4 is 5.32 Å². The zero-order valence-electron chi connectivity index (χ0n) is 17.3. The van der Waals surface area contributed by atoms with Crippen molar-refractivity contribution in [1.82, 2.24) is 24.5 Å². The van der Waals surface area contributed by atoms with E-state index in [0.29, 0.717) is 12.1 Å². The fraction of sp³-hybridized carbons (Fsp3) is 0.375. The number of pyridine rings is 1. The molecule has 3 heterocycles. The Balaban J connectivity index is 1.36. The summed E-state index contributed by atoms with van der Waals surface area (Å²) in [6, 6.07) is 13.9. The summed E-state index contributed by atoms with van der Waals surface area (Å²) in [4.78, 5) is 13.0. The lowest BCUT2D eigenvalue weighted by Gasteiger charge is -2.37. The maximum absolute atomic E-state index is 13.0. The highest BCUT2D eigenvalue weighted by Gasteiger charge is 2.34. The third-order valence-electron chi connectivity index (χ3n) is 6.61. The van der Waals surface area contributed by atoms with Crippen LogP contribution in [0.25, 0.3) is 16.6 Å². The molecule has 0 atom stereocenters. The highest BCUT2D eigenvalue weighted by Crippen LogP contribution is 2.38. The fourth-order valence-electron chi connectivity index (χ4n) is 4.84. The van der Waals surface area contributed by atoms with Crippen molar-refractivity contribution in [2.45, 2.75) is 38.5 Å². The van der Waals surface area contributed by atoms with Crippen LogP contribution in [0.2, 0.25) is 0 Å².